The van der Waals surface area contributed by atoms with Crippen LogP contribution in [0.1, 0.15) is 24.3 Å². The van der Waals surface area contributed by atoms with E-state index in [1.165, 1.54) is 12.1 Å². The summed E-state index contributed by atoms with van der Waals surface area (Å²) in [7, 11) is 0. The molecule has 1 saturated heterocycles. The summed E-state index contributed by atoms with van der Waals surface area (Å²) in [5, 5.41) is 18.5. The van der Waals surface area contributed by atoms with Crippen molar-refractivity contribution >= 4 is 5.97 Å². The van der Waals surface area contributed by atoms with Gasteiger partial charge in [0.05, 0.1) is 12.5 Å². The molecule has 1 fully saturated rings. The van der Waals surface area contributed by atoms with Crippen molar-refractivity contribution in [3.8, 4) is 5.75 Å². The van der Waals surface area contributed by atoms with Gasteiger partial charge in [-0.1, -0.05) is 12.1 Å². The number of hydrogen-bond donors (Lipinski definition) is 2. The van der Waals surface area contributed by atoms with E-state index in [2.05, 4.69) is 0 Å². The normalized spacial score (nSPS) is 22.0. The van der Waals surface area contributed by atoms with Gasteiger partial charge in [0, 0.05) is 6.61 Å². The molecule has 0 amide bonds. The second-order valence-corrected chi connectivity index (χ2v) is 4.38. The summed E-state index contributed by atoms with van der Waals surface area (Å²) in [4.78, 5) is 11.4. The van der Waals surface area contributed by atoms with Crippen molar-refractivity contribution in [2.45, 2.75) is 18.8 Å². The minimum atomic E-state index is -0.828. The van der Waals surface area contributed by atoms with Crippen LogP contribution in [-0.2, 0) is 9.53 Å². The van der Waals surface area contributed by atoms with Gasteiger partial charge in [0.25, 0.3) is 0 Å². The van der Waals surface area contributed by atoms with Crippen LogP contribution >= 0.6 is 0 Å². The third kappa shape index (κ3) is 2.77. The van der Waals surface area contributed by atoms with Crippen LogP contribution < -0.4 is 0 Å². The fraction of sp³-hybridized carbons (Fsp3) is 0.462. The lowest BCUT2D eigenvalue weighted by molar-refractivity contribution is -0.141. The number of aromatic hydroxyl groups is 1. The second kappa shape index (κ2) is 5.19. The quantitative estimate of drug-likeness (QED) is 0.842. The van der Waals surface area contributed by atoms with E-state index in [9.17, 15) is 15.0 Å². The van der Waals surface area contributed by atoms with E-state index in [1.807, 2.05) is 0 Å². The SMILES string of the molecule is O=C(O)C(c1ccc(O)cc1)C1CCCOC1. The summed E-state index contributed by atoms with van der Waals surface area (Å²) in [6.07, 6.45) is 1.78. The molecule has 2 rings (SSSR count). The summed E-state index contributed by atoms with van der Waals surface area (Å²) < 4.78 is 5.35. The molecule has 2 unspecified atom stereocenters. The molecule has 1 aliphatic rings. The van der Waals surface area contributed by atoms with Crippen molar-refractivity contribution in [3.05, 3.63) is 29.8 Å². The zero-order valence-corrected chi connectivity index (χ0v) is 9.50. The third-order valence-electron chi connectivity index (χ3n) is 3.19. The Hall–Kier alpha value is -1.55. The Bertz CT molecular complexity index is 379. The molecule has 1 heterocycles. The standard InChI is InChI=1S/C13H16O4/c14-11-5-3-9(4-6-11)12(13(15)16)10-2-1-7-17-8-10/h3-6,10,12,14H,1-2,7-8H2,(H,15,16). The highest BCUT2D eigenvalue weighted by Crippen LogP contribution is 2.31. The smallest absolute Gasteiger partial charge is 0.311 e. The molecule has 2 atom stereocenters. The van der Waals surface area contributed by atoms with Crippen molar-refractivity contribution in [2.24, 2.45) is 5.92 Å². The Balaban J connectivity index is 2.21. The van der Waals surface area contributed by atoms with Gasteiger partial charge in [0.1, 0.15) is 5.75 Å². The molecule has 0 saturated carbocycles. The first-order valence-corrected chi connectivity index (χ1v) is 5.78. The fourth-order valence-corrected chi connectivity index (χ4v) is 2.33. The summed E-state index contributed by atoms with van der Waals surface area (Å²) in [5.74, 6) is -1.20. The number of ether oxygens (including phenoxy) is 1. The van der Waals surface area contributed by atoms with Gasteiger partial charge >= 0.3 is 5.97 Å². The number of phenolic OH excluding ortho intramolecular Hbond substituents is 1. The molecule has 1 aromatic rings. The molecular weight excluding hydrogens is 220 g/mol. The maximum absolute atomic E-state index is 11.4. The predicted molar refractivity (Wildman–Crippen MR) is 62.0 cm³/mol. The molecular formula is C13H16O4. The minimum Gasteiger partial charge on any atom is -0.508 e. The van der Waals surface area contributed by atoms with Crippen molar-refractivity contribution in [2.75, 3.05) is 13.2 Å². The van der Waals surface area contributed by atoms with Crippen molar-refractivity contribution in [1.29, 1.82) is 0 Å². The number of hydrogen-bond acceptors (Lipinski definition) is 3. The number of benzene rings is 1. The van der Waals surface area contributed by atoms with Crippen LogP contribution in [-0.4, -0.2) is 29.4 Å². The van der Waals surface area contributed by atoms with Gasteiger partial charge in [-0.05, 0) is 36.5 Å². The minimum absolute atomic E-state index is 0.0193. The topological polar surface area (TPSA) is 66.8 Å². The average Bonchev–Trinajstić information content (AvgIpc) is 2.33. The lowest BCUT2D eigenvalue weighted by Gasteiger charge is -2.27. The summed E-state index contributed by atoms with van der Waals surface area (Å²) in [5.41, 5.74) is 0.728. The number of rotatable bonds is 3. The molecule has 0 spiro atoms. The molecule has 92 valence electrons. The van der Waals surface area contributed by atoms with Crippen LogP contribution in [0.15, 0.2) is 24.3 Å². The highest BCUT2D eigenvalue weighted by Gasteiger charge is 2.31. The molecule has 0 aliphatic carbocycles. The Morgan fingerprint density at radius 1 is 1.35 bits per heavy atom. The lowest BCUT2D eigenvalue weighted by atomic mass is 9.83. The largest absolute Gasteiger partial charge is 0.508 e. The van der Waals surface area contributed by atoms with E-state index < -0.39 is 11.9 Å². The highest BCUT2D eigenvalue weighted by molar-refractivity contribution is 5.76. The van der Waals surface area contributed by atoms with Crippen molar-refractivity contribution in [1.82, 2.24) is 0 Å². The van der Waals surface area contributed by atoms with Crippen LogP contribution in [0.2, 0.25) is 0 Å². The molecule has 0 bridgehead atoms. The monoisotopic (exact) mass is 236 g/mol. The van der Waals surface area contributed by atoms with E-state index in [0.29, 0.717) is 6.61 Å². The van der Waals surface area contributed by atoms with Gasteiger partial charge in [0.15, 0.2) is 0 Å². The van der Waals surface area contributed by atoms with E-state index in [-0.39, 0.29) is 11.7 Å². The molecule has 2 N–H and O–H groups in total. The zero-order valence-electron chi connectivity index (χ0n) is 9.50. The Labute approximate surface area is 99.8 Å². The van der Waals surface area contributed by atoms with Gasteiger partial charge in [-0.2, -0.15) is 0 Å². The lowest BCUT2D eigenvalue weighted by Crippen LogP contribution is -2.28. The zero-order chi connectivity index (χ0) is 12.3. The predicted octanol–water partition coefficient (Wildman–Crippen LogP) is 1.99. The van der Waals surface area contributed by atoms with Gasteiger partial charge < -0.3 is 14.9 Å². The Morgan fingerprint density at radius 2 is 2.06 bits per heavy atom. The first-order chi connectivity index (χ1) is 8.18. The molecule has 0 aromatic heterocycles. The number of carbonyl (C=O) groups is 1. The number of phenols is 1. The van der Waals surface area contributed by atoms with Gasteiger partial charge in [-0.25, -0.2) is 0 Å². The summed E-state index contributed by atoms with van der Waals surface area (Å²) in [6.45, 7) is 1.22. The number of aliphatic carboxylic acids is 1. The van der Waals surface area contributed by atoms with Gasteiger partial charge in [0.2, 0.25) is 0 Å². The molecule has 1 aliphatic heterocycles. The highest BCUT2D eigenvalue weighted by atomic mass is 16.5. The average molecular weight is 236 g/mol. The summed E-state index contributed by atoms with van der Waals surface area (Å²) >= 11 is 0. The van der Waals surface area contributed by atoms with Crippen molar-refractivity contribution < 1.29 is 19.7 Å². The molecule has 4 heteroatoms. The third-order valence-corrected chi connectivity index (χ3v) is 3.19. The van der Waals surface area contributed by atoms with E-state index in [4.69, 9.17) is 4.74 Å². The van der Waals surface area contributed by atoms with Crippen molar-refractivity contribution in [3.63, 3.8) is 0 Å². The van der Waals surface area contributed by atoms with Crippen LogP contribution in [0.4, 0.5) is 0 Å². The molecule has 17 heavy (non-hydrogen) atoms. The van der Waals surface area contributed by atoms with E-state index in [1.54, 1.807) is 12.1 Å². The Kier molecular flexibility index (Phi) is 3.64. The maximum Gasteiger partial charge on any atom is 0.311 e. The second-order valence-electron chi connectivity index (χ2n) is 4.38. The molecule has 1 aromatic carbocycles. The van der Waals surface area contributed by atoms with Crippen LogP contribution in [0.5, 0.6) is 5.75 Å². The van der Waals surface area contributed by atoms with E-state index in [0.717, 1.165) is 25.0 Å². The molecule has 0 radical (unpaired) electrons. The first-order valence-electron chi connectivity index (χ1n) is 5.78. The van der Waals surface area contributed by atoms with E-state index >= 15 is 0 Å². The number of carboxylic acids is 1. The number of carboxylic acid groups (broad SMARTS) is 1. The van der Waals surface area contributed by atoms with Crippen LogP contribution in [0.25, 0.3) is 0 Å². The van der Waals surface area contributed by atoms with Gasteiger partial charge in [-0.15, -0.1) is 0 Å². The van der Waals surface area contributed by atoms with Crippen LogP contribution in [0, 0.1) is 5.92 Å². The first kappa shape index (κ1) is 11.9. The van der Waals surface area contributed by atoms with Crippen LogP contribution in [0.3, 0.4) is 0 Å². The Morgan fingerprint density at radius 3 is 2.59 bits per heavy atom. The molecule has 4 nitrogen and oxygen atoms in total. The fourth-order valence-electron chi connectivity index (χ4n) is 2.33. The maximum atomic E-state index is 11.4. The summed E-state index contributed by atoms with van der Waals surface area (Å²) in [6, 6.07) is 6.38. The van der Waals surface area contributed by atoms with Gasteiger partial charge in [-0.3, -0.25) is 4.79 Å².